The molecule has 0 saturated heterocycles. The Hall–Kier alpha value is -1.37. The van der Waals surface area contributed by atoms with Crippen LogP contribution in [0, 0.1) is 29.1 Å². The lowest BCUT2D eigenvalue weighted by Gasteiger charge is -2.36. The largest absolute Gasteiger partial charge is 0.378 e. The van der Waals surface area contributed by atoms with E-state index in [1.165, 1.54) is 0 Å². The Labute approximate surface area is 106 Å². The molecule has 1 fully saturated rings. The fourth-order valence-electron chi connectivity index (χ4n) is 1.99. The summed E-state index contributed by atoms with van der Waals surface area (Å²) in [5.74, 6) is -9.71. The fraction of sp³-hybridized carbons (Fsp3) is 0.500. The molecule has 1 aliphatic carbocycles. The van der Waals surface area contributed by atoms with E-state index in [2.05, 4.69) is 5.32 Å². The summed E-state index contributed by atoms with van der Waals surface area (Å²) in [5.41, 5.74) is -0.976. The molecule has 2 nitrogen and oxygen atoms in total. The minimum atomic E-state index is -2.15. The van der Waals surface area contributed by atoms with Gasteiger partial charge in [-0.3, -0.25) is 0 Å². The van der Waals surface area contributed by atoms with Crippen molar-refractivity contribution < 1.29 is 26.7 Å². The molecule has 1 aliphatic rings. The van der Waals surface area contributed by atoms with Crippen LogP contribution in [0.15, 0.2) is 0 Å². The molecule has 0 aromatic heterocycles. The summed E-state index contributed by atoms with van der Waals surface area (Å²) in [7, 11) is 0. The van der Waals surface area contributed by atoms with E-state index in [0.29, 0.717) is 19.4 Å². The highest BCUT2D eigenvalue weighted by molar-refractivity contribution is 5.49. The molecule has 0 amide bonds. The summed E-state index contributed by atoms with van der Waals surface area (Å²) < 4.78 is 70.7. The molecule has 0 radical (unpaired) electrons. The lowest BCUT2D eigenvalue weighted by molar-refractivity contribution is 0.00284. The minimum absolute atomic E-state index is 0.0382. The van der Waals surface area contributed by atoms with Crippen LogP contribution in [0.5, 0.6) is 0 Å². The predicted octanol–water partition coefficient (Wildman–Crippen LogP) is 3.36. The molecule has 1 aromatic rings. The molecular weight excluding hydrogens is 269 g/mol. The third-order valence-corrected chi connectivity index (χ3v) is 3.06. The van der Waals surface area contributed by atoms with Gasteiger partial charge in [0.25, 0.3) is 0 Å². The second-order valence-corrected chi connectivity index (χ2v) is 4.33. The second-order valence-electron chi connectivity index (χ2n) is 4.33. The van der Waals surface area contributed by atoms with Crippen molar-refractivity contribution in [2.75, 3.05) is 11.9 Å². The van der Waals surface area contributed by atoms with Crippen LogP contribution in [0.3, 0.4) is 0 Å². The van der Waals surface area contributed by atoms with Gasteiger partial charge < -0.3 is 10.1 Å². The van der Waals surface area contributed by atoms with Crippen molar-refractivity contribution >= 4 is 5.69 Å². The Bertz CT molecular complexity index is 458. The minimum Gasteiger partial charge on any atom is -0.378 e. The molecular formula is C12H12F5NO. The highest BCUT2D eigenvalue weighted by atomic mass is 19.2. The third-order valence-electron chi connectivity index (χ3n) is 3.06. The fourth-order valence-corrected chi connectivity index (χ4v) is 1.99. The van der Waals surface area contributed by atoms with Crippen LogP contribution >= 0.6 is 0 Å². The van der Waals surface area contributed by atoms with Crippen molar-refractivity contribution in [3.8, 4) is 0 Å². The summed E-state index contributed by atoms with van der Waals surface area (Å²) in [6.45, 7) is 2.32. The number of halogens is 5. The molecule has 2 rings (SSSR count). The maximum atomic E-state index is 13.4. The summed E-state index contributed by atoms with van der Waals surface area (Å²) in [4.78, 5) is 0. The average molecular weight is 281 g/mol. The molecule has 106 valence electrons. The zero-order chi connectivity index (χ0) is 14.2. The molecule has 7 heteroatoms. The first-order valence-corrected chi connectivity index (χ1v) is 5.85. The van der Waals surface area contributed by atoms with Crippen LogP contribution in [0.1, 0.15) is 19.8 Å². The third kappa shape index (κ3) is 2.51. The van der Waals surface area contributed by atoms with Gasteiger partial charge in [-0.1, -0.05) is 0 Å². The molecule has 1 N–H and O–H groups in total. The molecule has 0 spiro atoms. The molecule has 1 aromatic carbocycles. The van der Waals surface area contributed by atoms with Gasteiger partial charge in [-0.25, -0.2) is 22.0 Å². The van der Waals surface area contributed by atoms with Crippen LogP contribution in [0.2, 0.25) is 0 Å². The number of hydrogen-bond donors (Lipinski definition) is 1. The normalized spacial score (nSPS) is 22.2. The topological polar surface area (TPSA) is 21.3 Å². The lowest BCUT2D eigenvalue weighted by Crippen LogP contribution is -2.41. The Kier molecular flexibility index (Phi) is 3.93. The van der Waals surface area contributed by atoms with E-state index in [9.17, 15) is 22.0 Å². The molecule has 19 heavy (non-hydrogen) atoms. The highest BCUT2D eigenvalue weighted by Crippen LogP contribution is 2.32. The van der Waals surface area contributed by atoms with Crippen molar-refractivity contribution in [1.82, 2.24) is 0 Å². The quantitative estimate of drug-likeness (QED) is 0.519. The van der Waals surface area contributed by atoms with E-state index in [1.54, 1.807) is 0 Å². The summed E-state index contributed by atoms with van der Waals surface area (Å²) >= 11 is 0. The van der Waals surface area contributed by atoms with Gasteiger partial charge in [0.05, 0.1) is 6.10 Å². The maximum absolute atomic E-state index is 13.4. The van der Waals surface area contributed by atoms with Gasteiger partial charge in [0.2, 0.25) is 5.82 Å². The Balaban J connectivity index is 2.14. The smallest absolute Gasteiger partial charge is 0.200 e. The van der Waals surface area contributed by atoms with E-state index in [0.717, 1.165) is 0 Å². The van der Waals surface area contributed by atoms with Gasteiger partial charge in [0.1, 0.15) is 5.69 Å². The first-order chi connectivity index (χ1) is 8.95. The van der Waals surface area contributed by atoms with Gasteiger partial charge in [0, 0.05) is 12.6 Å². The van der Waals surface area contributed by atoms with Crippen molar-refractivity contribution in [1.29, 1.82) is 0 Å². The number of ether oxygens (including phenoxy) is 1. The Morgan fingerprint density at radius 1 is 0.947 bits per heavy atom. The van der Waals surface area contributed by atoms with Crippen LogP contribution in [-0.4, -0.2) is 18.8 Å². The van der Waals surface area contributed by atoms with Gasteiger partial charge in [-0.2, -0.15) is 0 Å². The van der Waals surface area contributed by atoms with Gasteiger partial charge in [0.15, 0.2) is 23.3 Å². The molecule has 0 aliphatic heterocycles. The maximum Gasteiger partial charge on any atom is 0.200 e. The van der Waals surface area contributed by atoms with E-state index in [4.69, 9.17) is 4.74 Å². The van der Waals surface area contributed by atoms with Crippen LogP contribution in [0.4, 0.5) is 27.6 Å². The van der Waals surface area contributed by atoms with Gasteiger partial charge in [-0.15, -0.1) is 0 Å². The standard InChI is InChI=1S/C12H12F5NO/c1-2-19-6-3-5(4-6)18-12-10(16)8(14)7(13)9(15)11(12)17/h5-6,18H,2-4H2,1H3. The SMILES string of the molecule is CCOC1CC(Nc2c(F)c(F)c(F)c(F)c2F)C1. The number of rotatable bonds is 4. The predicted molar refractivity (Wildman–Crippen MR) is 58.3 cm³/mol. The Morgan fingerprint density at radius 3 is 1.89 bits per heavy atom. The van der Waals surface area contributed by atoms with Gasteiger partial charge >= 0.3 is 0 Å². The summed E-state index contributed by atoms with van der Waals surface area (Å²) in [6, 6.07) is -0.357. The first kappa shape index (κ1) is 14.0. The number of anilines is 1. The Morgan fingerprint density at radius 2 is 1.42 bits per heavy atom. The van der Waals surface area contributed by atoms with Crippen LogP contribution in [-0.2, 0) is 4.74 Å². The van der Waals surface area contributed by atoms with Gasteiger partial charge in [-0.05, 0) is 19.8 Å². The van der Waals surface area contributed by atoms with Crippen LogP contribution in [0.25, 0.3) is 0 Å². The molecule has 0 bridgehead atoms. The number of nitrogens with one attached hydrogen (secondary N) is 1. The van der Waals surface area contributed by atoms with Crippen LogP contribution < -0.4 is 5.32 Å². The van der Waals surface area contributed by atoms with Crippen molar-refractivity contribution in [2.45, 2.75) is 31.9 Å². The molecule has 0 unspecified atom stereocenters. The first-order valence-electron chi connectivity index (χ1n) is 5.85. The second kappa shape index (κ2) is 5.32. The number of hydrogen-bond acceptors (Lipinski definition) is 2. The van der Waals surface area contributed by atoms with Crippen molar-refractivity contribution in [3.63, 3.8) is 0 Å². The van der Waals surface area contributed by atoms with Crippen molar-refractivity contribution in [2.24, 2.45) is 0 Å². The van der Waals surface area contributed by atoms with E-state index in [1.807, 2.05) is 6.92 Å². The number of benzene rings is 1. The summed E-state index contributed by atoms with van der Waals surface area (Å²) in [6.07, 6.45) is 0.893. The van der Waals surface area contributed by atoms with E-state index >= 15 is 0 Å². The van der Waals surface area contributed by atoms with Crippen molar-refractivity contribution in [3.05, 3.63) is 29.1 Å². The molecule has 1 saturated carbocycles. The molecule has 0 atom stereocenters. The lowest BCUT2D eigenvalue weighted by atomic mass is 9.89. The summed E-state index contributed by atoms with van der Waals surface area (Å²) in [5, 5.41) is 2.34. The average Bonchev–Trinajstić information content (AvgIpc) is 2.35. The monoisotopic (exact) mass is 281 g/mol. The zero-order valence-electron chi connectivity index (χ0n) is 10.1. The molecule has 0 heterocycles. The van der Waals surface area contributed by atoms with E-state index < -0.39 is 34.8 Å². The van der Waals surface area contributed by atoms with E-state index in [-0.39, 0.29) is 12.1 Å². The highest BCUT2D eigenvalue weighted by Gasteiger charge is 2.33. The zero-order valence-corrected chi connectivity index (χ0v) is 10.1.